The number of rotatable bonds is 0. The van der Waals surface area contributed by atoms with Gasteiger partial charge in [-0.05, 0) is 58.0 Å². The highest BCUT2D eigenvalue weighted by Gasteiger charge is 2.55. The highest BCUT2D eigenvalue weighted by molar-refractivity contribution is 9.10. The van der Waals surface area contributed by atoms with E-state index in [1.54, 1.807) is 0 Å². The Bertz CT molecular complexity index is 1660. The third-order valence-corrected chi connectivity index (χ3v) is 7.82. The number of nitriles is 1. The molecule has 2 aliphatic carbocycles. The van der Waals surface area contributed by atoms with Crippen LogP contribution in [0.2, 0.25) is 0 Å². The Morgan fingerprint density at radius 1 is 0.941 bits per heavy atom. The lowest BCUT2D eigenvalue weighted by molar-refractivity contribution is 0.308. The minimum atomic E-state index is -1.21. The first kappa shape index (κ1) is 19.8. The minimum absolute atomic E-state index is 0.295. The summed E-state index contributed by atoms with van der Waals surface area (Å²) in [6, 6.07) is 26.5. The maximum absolute atomic E-state index is 16.0. The number of ether oxygens (including phenoxy) is 1. The minimum Gasteiger partial charge on any atom is -0.457 e. The first-order valence-corrected chi connectivity index (χ1v) is 12.0. The third-order valence-electron chi connectivity index (χ3n) is 7.33. The molecule has 2 nitrogen and oxygen atoms in total. The number of hydrogen-bond donors (Lipinski definition) is 0. The van der Waals surface area contributed by atoms with Gasteiger partial charge in [0.25, 0.3) is 0 Å². The molecule has 0 N–H and O–H groups in total. The van der Waals surface area contributed by atoms with Crippen molar-refractivity contribution in [1.82, 2.24) is 0 Å². The molecule has 7 rings (SSSR count). The number of fused-ring (bicyclic) bond motifs is 10. The normalized spacial score (nSPS) is 21.5. The number of halogens is 2. The highest BCUT2D eigenvalue weighted by Crippen LogP contribution is 2.63. The van der Waals surface area contributed by atoms with E-state index < -0.39 is 11.6 Å². The van der Waals surface area contributed by atoms with E-state index in [1.807, 2.05) is 66.7 Å². The number of benzene rings is 4. The van der Waals surface area contributed by atoms with Crippen LogP contribution < -0.4 is 4.74 Å². The van der Waals surface area contributed by atoms with Gasteiger partial charge in [0.15, 0.2) is 0 Å². The van der Waals surface area contributed by atoms with Crippen molar-refractivity contribution in [2.75, 3.05) is 0 Å². The summed E-state index contributed by atoms with van der Waals surface area (Å²) in [7, 11) is 0. The molecule has 0 fully saturated rings. The van der Waals surface area contributed by atoms with Gasteiger partial charge in [0, 0.05) is 27.4 Å². The molecule has 0 radical (unpaired) electrons. The van der Waals surface area contributed by atoms with Crippen molar-refractivity contribution in [3.63, 3.8) is 0 Å². The van der Waals surface area contributed by atoms with E-state index in [2.05, 4.69) is 40.2 Å². The van der Waals surface area contributed by atoms with E-state index in [1.165, 1.54) is 0 Å². The van der Waals surface area contributed by atoms with Gasteiger partial charge in [-0.25, -0.2) is 4.39 Å². The molecule has 4 aromatic rings. The molecule has 2 unspecified atom stereocenters. The highest BCUT2D eigenvalue weighted by atomic mass is 79.9. The predicted molar refractivity (Wildman–Crippen MR) is 134 cm³/mol. The quantitative estimate of drug-likeness (QED) is 0.245. The van der Waals surface area contributed by atoms with E-state index in [-0.39, 0.29) is 0 Å². The van der Waals surface area contributed by atoms with Gasteiger partial charge in [-0.2, -0.15) is 5.26 Å². The topological polar surface area (TPSA) is 33.0 Å². The Balaban J connectivity index is 1.76. The summed E-state index contributed by atoms with van der Waals surface area (Å²) in [5, 5.41) is 12.0. The zero-order valence-electron chi connectivity index (χ0n) is 18.0. The van der Waals surface area contributed by atoms with Gasteiger partial charge in [0.05, 0.1) is 17.0 Å². The molecule has 4 aromatic carbocycles. The number of hydrogen-bond acceptors (Lipinski definition) is 2. The molecular formula is C30H17BrFNO. The summed E-state index contributed by atoms with van der Waals surface area (Å²) in [6.07, 6.45) is 2.82. The van der Waals surface area contributed by atoms with Crippen LogP contribution in [0.5, 0.6) is 5.75 Å². The molecule has 0 amide bonds. The van der Waals surface area contributed by atoms with Crippen molar-refractivity contribution >= 4 is 26.7 Å². The first-order valence-electron chi connectivity index (χ1n) is 11.2. The van der Waals surface area contributed by atoms with Crippen LogP contribution in [0.25, 0.3) is 21.9 Å². The second kappa shape index (κ2) is 6.91. The SMILES string of the molecule is N#Cc1cc2c(c3ccccc13)-c1ccc(Br)cc1C21C2=C(C=CCC2F)Oc2ccccc21. The standard InChI is InChI=1S/C30H17BrFNO/c31-18-12-13-21-23(15-18)30(24-14-17(16-33)19-6-1-2-7-20(19)28(21)24)22-8-3-4-10-26(22)34-27-11-5-9-25(32)29(27)30/h1-8,10-15,25H,9H2. The Hall–Kier alpha value is -3.68. The summed E-state index contributed by atoms with van der Waals surface area (Å²) < 4.78 is 23.2. The number of para-hydroxylation sites is 1. The van der Waals surface area contributed by atoms with E-state index in [4.69, 9.17) is 4.74 Å². The van der Waals surface area contributed by atoms with E-state index in [9.17, 15) is 5.26 Å². The van der Waals surface area contributed by atoms with Gasteiger partial charge in [-0.15, -0.1) is 0 Å². The van der Waals surface area contributed by atoms with Gasteiger partial charge in [0.1, 0.15) is 17.7 Å². The van der Waals surface area contributed by atoms with Gasteiger partial charge in [0.2, 0.25) is 0 Å². The molecule has 2 atom stereocenters. The second-order valence-electron chi connectivity index (χ2n) is 8.93. The molecule has 162 valence electrons. The van der Waals surface area contributed by atoms with Crippen LogP contribution >= 0.6 is 15.9 Å². The van der Waals surface area contributed by atoms with Gasteiger partial charge < -0.3 is 4.74 Å². The molecule has 0 saturated heterocycles. The van der Waals surface area contributed by atoms with E-state index in [0.717, 1.165) is 43.1 Å². The Morgan fingerprint density at radius 2 is 1.74 bits per heavy atom. The summed E-state index contributed by atoms with van der Waals surface area (Å²) in [5.41, 5.74) is 5.30. The number of nitrogens with zero attached hydrogens (tertiary/aromatic N) is 1. The average Bonchev–Trinajstić information content (AvgIpc) is 3.13. The third kappa shape index (κ3) is 2.33. The molecule has 4 heteroatoms. The molecule has 1 spiro atoms. The summed E-state index contributed by atoms with van der Waals surface area (Å²) in [4.78, 5) is 0. The van der Waals surface area contributed by atoms with Gasteiger partial charge >= 0.3 is 0 Å². The average molecular weight is 506 g/mol. The zero-order chi connectivity index (χ0) is 23.0. The van der Waals surface area contributed by atoms with E-state index in [0.29, 0.717) is 29.1 Å². The maximum Gasteiger partial charge on any atom is 0.132 e. The van der Waals surface area contributed by atoms with Crippen molar-refractivity contribution in [3.05, 3.63) is 123 Å². The first-order chi connectivity index (χ1) is 16.6. The van der Waals surface area contributed by atoms with E-state index >= 15 is 4.39 Å². The van der Waals surface area contributed by atoms with Crippen molar-refractivity contribution in [2.45, 2.75) is 18.0 Å². The summed E-state index contributed by atoms with van der Waals surface area (Å²) in [6.45, 7) is 0. The van der Waals surface area contributed by atoms with Crippen LogP contribution in [0.1, 0.15) is 28.7 Å². The van der Waals surface area contributed by atoms with Crippen molar-refractivity contribution in [3.8, 4) is 22.9 Å². The summed E-state index contributed by atoms with van der Waals surface area (Å²) >= 11 is 3.67. The molecule has 1 heterocycles. The van der Waals surface area contributed by atoms with Crippen molar-refractivity contribution < 1.29 is 9.13 Å². The smallest absolute Gasteiger partial charge is 0.132 e. The molecule has 3 aliphatic rings. The lowest BCUT2D eigenvalue weighted by Gasteiger charge is -2.42. The fourth-order valence-corrected chi connectivity index (χ4v) is 6.48. The van der Waals surface area contributed by atoms with Crippen molar-refractivity contribution in [1.29, 1.82) is 5.26 Å². The molecule has 34 heavy (non-hydrogen) atoms. The Morgan fingerprint density at radius 3 is 2.59 bits per heavy atom. The fourth-order valence-electron chi connectivity index (χ4n) is 6.12. The zero-order valence-corrected chi connectivity index (χ0v) is 19.6. The van der Waals surface area contributed by atoms with Crippen LogP contribution in [0.15, 0.2) is 101 Å². The molecule has 0 bridgehead atoms. The Kier molecular flexibility index (Phi) is 4.02. The van der Waals surface area contributed by atoms with Crippen LogP contribution in [0, 0.1) is 11.3 Å². The Labute approximate surface area is 204 Å². The van der Waals surface area contributed by atoms with Crippen molar-refractivity contribution in [2.24, 2.45) is 0 Å². The largest absolute Gasteiger partial charge is 0.457 e. The maximum atomic E-state index is 16.0. The summed E-state index contributed by atoms with van der Waals surface area (Å²) in [5.74, 6) is 1.27. The fraction of sp³-hybridized carbons (Fsp3) is 0.100. The van der Waals surface area contributed by atoms with Gasteiger partial charge in [-0.3, -0.25) is 0 Å². The molecule has 1 aliphatic heterocycles. The molecular weight excluding hydrogens is 489 g/mol. The lowest BCUT2D eigenvalue weighted by atomic mass is 9.63. The van der Waals surface area contributed by atoms with Crippen LogP contribution in [-0.4, -0.2) is 6.17 Å². The monoisotopic (exact) mass is 505 g/mol. The number of alkyl halides is 1. The molecule has 0 saturated carbocycles. The molecule has 0 aromatic heterocycles. The predicted octanol–water partition coefficient (Wildman–Crippen LogP) is 7.73. The second-order valence-corrected chi connectivity index (χ2v) is 9.84. The lowest BCUT2D eigenvalue weighted by Crippen LogP contribution is -2.39. The van der Waals surface area contributed by atoms with Gasteiger partial charge in [-0.1, -0.05) is 70.5 Å². The van der Waals surface area contributed by atoms with Crippen LogP contribution in [0.4, 0.5) is 4.39 Å². The van der Waals surface area contributed by atoms with Crippen LogP contribution in [-0.2, 0) is 5.41 Å². The van der Waals surface area contributed by atoms with Crippen LogP contribution in [0.3, 0.4) is 0 Å². The number of allylic oxidation sites excluding steroid dienone is 3.